The second-order valence-electron chi connectivity index (χ2n) is 7.89. The van der Waals surface area contributed by atoms with E-state index in [1.54, 1.807) is 42.8 Å². The van der Waals surface area contributed by atoms with Gasteiger partial charge in [0.15, 0.2) is 10.9 Å². The topological polar surface area (TPSA) is 89.0 Å². The number of carbonyl (C=O) groups is 2. The van der Waals surface area contributed by atoms with Gasteiger partial charge in [-0.05, 0) is 53.8 Å². The number of benzene rings is 2. The van der Waals surface area contributed by atoms with Crippen LogP contribution in [0.2, 0.25) is 0 Å². The van der Waals surface area contributed by atoms with E-state index in [-0.39, 0.29) is 11.4 Å². The zero-order valence-corrected chi connectivity index (χ0v) is 20.7. The Labute approximate surface area is 209 Å². The van der Waals surface area contributed by atoms with Gasteiger partial charge in [0.2, 0.25) is 5.78 Å². The minimum Gasteiger partial charge on any atom is -0.503 e. The highest BCUT2D eigenvalue weighted by molar-refractivity contribution is 7.22. The van der Waals surface area contributed by atoms with Crippen molar-refractivity contribution in [3.8, 4) is 11.5 Å². The van der Waals surface area contributed by atoms with Gasteiger partial charge in [0.25, 0.3) is 5.91 Å². The number of fused-ring (bicyclic) bond motifs is 1. The summed E-state index contributed by atoms with van der Waals surface area (Å²) >= 11 is 2.56. The Balaban J connectivity index is 1.61. The van der Waals surface area contributed by atoms with Crippen LogP contribution in [0.5, 0.6) is 11.5 Å². The van der Waals surface area contributed by atoms with Crippen molar-refractivity contribution in [2.24, 2.45) is 0 Å². The summed E-state index contributed by atoms with van der Waals surface area (Å²) in [7, 11) is 1.58. The highest BCUT2D eigenvalue weighted by Gasteiger charge is 2.46. The average Bonchev–Trinajstić information content (AvgIpc) is 3.61. The van der Waals surface area contributed by atoms with Crippen molar-refractivity contribution in [1.82, 2.24) is 4.98 Å². The first-order valence-corrected chi connectivity index (χ1v) is 12.7. The van der Waals surface area contributed by atoms with E-state index >= 15 is 0 Å². The summed E-state index contributed by atoms with van der Waals surface area (Å²) in [6, 6.07) is 15.3. The van der Waals surface area contributed by atoms with Crippen LogP contribution in [-0.2, 0) is 4.79 Å². The van der Waals surface area contributed by atoms with Gasteiger partial charge in [0.1, 0.15) is 11.5 Å². The number of rotatable bonds is 8. The quantitative estimate of drug-likeness (QED) is 0.298. The molecule has 9 heteroatoms. The number of nitrogens with zero attached hydrogens (tertiary/aromatic N) is 2. The number of aromatic nitrogens is 1. The Hall–Kier alpha value is -3.69. The number of Topliss-reactive ketones (excluding diaryl/α,β-unsaturated/α-hetero) is 1. The molecule has 1 amide bonds. The van der Waals surface area contributed by atoms with Crippen molar-refractivity contribution in [3.05, 3.63) is 81.8 Å². The molecule has 0 spiro atoms. The second-order valence-corrected chi connectivity index (χ2v) is 9.85. The van der Waals surface area contributed by atoms with Crippen molar-refractivity contribution < 1.29 is 24.2 Å². The molecule has 5 rings (SSSR count). The molecule has 2 aromatic heterocycles. The van der Waals surface area contributed by atoms with Crippen molar-refractivity contribution in [2.45, 2.75) is 19.4 Å². The number of aliphatic hydroxyl groups excluding tert-OH is 1. The number of thiophene rings is 1. The molecule has 0 fully saturated rings. The molecule has 1 aliphatic rings. The van der Waals surface area contributed by atoms with Gasteiger partial charge >= 0.3 is 0 Å². The van der Waals surface area contributed by atoms with Gasteiger partial charge < -0.3 is 14.6 Å². The van der Waals surface area contributed by atoms with Crippen LogP contribution in [0, 0.1) is 0 Å². The summed E-state index contributed by atoms with van der Waals surface area (Å²) in [4.78, 5) is 33.3. The lowest BCUT2D eigenvalue weighted by molar-refractivity contribution is -0.117. The third-order valence-electron chi connectivity index (χ3n) is 5.66. The molecule has 0 bridgehead atoms. The number of hydrogen-bond donors (Lipinski definition) is 1. The van der Waals surface area contributed by atoms with E-state index in [4.69, 9.17) is 9.47 Å². The van der Waals surface area contributed by atoms with E-state index in [0.717, 1.165) is 11.1 Å². The van der Waals surface area contributed by atoms with Gasteiger partial charge in [-0.1, -0.05) is 36.5 Å². The lowest BCUT2D eigenvalue weighted by Gasteiger charge is -2.24. The van der Waals surface area contributed by atoms with E-state index in [1.807, 2.05) is 31.2 Å². The molecule has 1 aliphatic heterocycles. The van der Waals surface area contributed by atoms with Crippen LogP contribution in [0.25, 0.3) is 10.2 Å². The third kappa shape index (κ3) is 4.17. The third-order valence-corrected chi connectivity index (χ3v) is 7.54. The molecule has 4 aromatic rings. The van der Waals surface area contributed by atoms with Gasteiger partial charge in [-0.15, -0.1) is 11.3 Å². The fraction of sp³-hybridized carbons (Fsp3) is 0.192. The largest absolute Gasteiger partial charge is 0.503 e. The smallest absolute Gasteiger partial charge is 0.296 e. The molecule has 0 radical (unpaired) electrons. The summed E-state index contributed by atoms with van der Waals surface area (Å²) in [6.45, 7) is 2.62. The molecule has 3 heterocycles. The lowest BCUT2D eigenvalue weighted by atomic mass is 9.95. The van der Waals surface area contributed by atoms with Gasteiger partial charge in [0.05, 0.1) is 40.4 Å². The summed E-state index contributed by atoms with van der Waals surface area (Å²) in [5.41, 5.74) is 1.40. The monoisotopic (exact) mass is 506 g/mol. The molecule has 0 saturated carbocycles. The van der Waals surface area contributed by atoms with Crippen LogP contribution < -0.4 is 14.4 Å². The normalized spacial score (nSPS) is 15.8. The Bertz CT molecular complexity index is 1420. The summed E-state index contributed by atoms with van der Waals surface area (Å²) in [5.74, 6) is -0.233. The zero-order valence-electron chi connectivity index (χ0n) is 19.1. The number of thiazole rings is 1. The molecule has 1 atom stereocenters. The lowest BCUT2D eigenvalue weighted by Crippen LogP contribution is -2.30. The first kappa shape index (κ1) is 23.1. The molecule has 0 unspecified atom stereocenters. The van der Waals surface area contributed by atoms with Crippen LogP contribution in [0.4, 0.5) is 5.13 Å². The molecule has 0 aliphatic carbocycles. The number of aliphatic hydroxyl groups is 1. The van der Waals surface area contributed by atoms with Gasteiger partial charge in [-0.2, -0.15) is 0 Å². The number of carbonyl (C=O) groups excluding carboxylic acids is 2. The first-order chi connectivity index (χ1) is 17.0. The minimum atomic E-state index is -0.834. The van der Waals surface area contributed by atoms with E-state index in [1.165, 1.54) is 27.6 Å². The van der Waals surface area contributed by atoms with Crippen molar-refractivity contribution >= 4 is 49.7 Å². The fourth-order valence-corrected chi connectivity index (χ4v) is 5.68. The Morgan fingerprint density at radius 3 is 2.60 bits per heavy atom. The SMILES string of the molecule is CCCOc1ccc([C@@H]2C(C(=O)c3cccs3)=C(O)C(=O)N2c2nc3ccc(OC)cc3s2)cc1. The summed E-state index contributed by atoms with van der Waals surface area (Å²) in [5, 5.41) is 13.1. The maximum absolute atomic E-state index is 13.4. The highest BCUT2D eigenvalue weighted by atomic mass is 32.1. The maximum Gasteiger partial charge on any atom is 0.296 e. The minimum absolute atomic E-state index is 0.0384. The van der Waals surface area contributed by atoms with E-state index in [0.29, 0.717) is 39.2 Å². The van der Waals surface area contributed by atoms with Gasteiger partial charge in [-0.3, -0.25) is 14.5 Å². The predicted octanol–water partition coefficient (Wildman–Crippen LogP) is 5.94. The second kappa shape index (κ2) is 9.52. The standard InChI is InChI=1S/C26H22N2O5S2/c1-3-12-33-16-8-6-15(7-9-16)22-21(23(29)19-5-4-13-34-19)24(30)25(31)28(22)26-27-18-11-10-17(32-2)14-20(18)35-26/h4-11,13-14,22,30H,3,12H2,1-2H3/t22-/m1/s1. The molecule has 178 valence electrons. The average molecular weight is 507 g/mol. The zero-order chi connectivity index (χ0) is 24.5. The number of hydrogen-bond acceptors (Lipinski definition) is 8. The number of methoxy groups -OCH3 is 1. The van der Waals surface area contributed by atoms with E-state index in [9.17, 15) is 14.7 Å². The summed E-state index contributed by atoms with van der Waals surface area (Å²) < 4.78 is 11.8. The molecule has 1 N–H and O–H groups in total. The molecule has 35 heavy (non-hydrogen) atoms. The number of ether oxygens (including phenoxy) is 2. The molecular formula is C26H22N2O5S2. The van der Waals surface area contributed by atoms with Crippen molar-refractivity contribution in [1.29, 1.82) is 0 Å². The molecular weight excluding hydrogens is 484 g/mol. The molecule has 2 aromatic carbocycles. The van der Waals surface area contributed by atoms with Crippen LogP contribution >= 0.6 is 22.7 Å². The Kier molecular flexibility index (Phi) is 6.27. The van der Waals surface area contributed by atoms with Gasteiger partial charge in [-0.25, -0.2) is 4.98 Å². The summed E-state index contributed by atoms with van der Waals surface area (Å²) in [6.07, 6.45) is 0.880. The van der Waals surface area contributed by atoms with Crippen molar-refractivity contribution in [2.75, 3.05) is 18.6 Å². The highest BCUT2D eigenvalue weighted by Crippen LogP contribution is 2.45. The Morgan fingerprint density at radius 1 is 1.14 bits per heavy atom. The Morgan fingerprint density at radius 2 is 1.91 bits per heavy atom. The van der Waals surface area contributed by atoms with Crippen LogP contribution in [-0.4, -0.2) is 35.5 Å². The maximum atomic E-state index is 13.4. The number of ketones is 1. The van der Waals surface area contributed by atoms with Gasteiger partial charge in [0, 0.05) is 0 Å². The fourth-order valence-electron chi connectivity index (χ4n) is 3.98. The van der Waals surface area contributed by atoms with Crippen LogP contribution in [0.3, 0.4) is 0 Å². The molecule has 7 nitrogen and oxygen atoms in total. The van der Waals surface area contributed by atoms with Crippen LogP contribution in [0.1, 0.15) is 34.6 Å². The number of amides is 1. The first-order valence-electron chi connectivity index (χ1n) is 11.0. The van der Waals surface area contributed by atoms with Crippen LogP contribution in [0.15, 0.2) is 71.3 Å². The van der Waals surface area contributed by atoms with E-state index in [2.05, 4.69) is 4.98 Å². The molecule has 0 saturated heterocycles. The predicted molar refractivity (Wildman–Crippen MR) is 137 cm³/mol. The van der Waals surface area contributed by atoms with Crippen molar-refractivity contribution in [3.63, 3.8) is 0 Å². The number of anilines is 1. The van der Waals surface area contributed by atoms with E-state index < -0.39 is 17.7 Å².